The Morgan fingerprint density at radius 1 is 1.30 bits per heavy atom. The van der Waals surface area contributed by atoms with Gasteiger partial charge in [0, 0.05) is 11.8 Å². The molecule has 122 valence electrons. The summed E-state index contributed by atoms with van der Waals surface area (Å²) in [6, 6.07) is 9.87. The van der Waals surface area contributed by atoms with Gasteiger partial charge in [-0.15, -0.1) is 11.3 Å². The van der Waals surface area contributed by atoms with E-state index in [2.05, 4.69) is 10.3 Å². The summed E-state index contributed by atoms with van der Waals surface area (Å²) in [5.74, 6) is -1.48. The molecule has 6 heteroatoms. The molecule has 1 heterocycles. The second kappa shape index (κ2) is 7.37. The third kappa shape index (κ3) is 4.39. The van der Waals surface area contributed by atoms with Crippen LogP contribution in [0.1, 0.15) is 47.7 Å². The number of nitrogens with one attached hydrogen (secondary N) is 1. The van der Waals surface area contributed by atoms with E-state index in [-0.39, 0.29) is 5.69 Å². The standard InChI is InChI=1S/C17H20N2O3S/c1-3-9-17(2,16(21)22)19-15(20)13-11-23-14(18-13)10-12-7-5-4-6-8-12/h4-8,11H,3,9-10H2,1-2H3,(H,19,20)(H,21,22). The van der Waals surface area contributed by atoms with Crippen molar-refractivity contribution in [3.63, 3.8) is 0 Å². The first kappa shape index (κ1) is 17.1. The van der Waals surface area contributed by atoms with Crippen molar-refractivity contribution in [3.8, 4) is 0 Å². The molecule has 0 saturated heterocycles. The number of aromatic nitrogens is 1. The topological polar surface area (TPSA) is 79.3 Å². The average molecular weight is 332 g/mol. The molecule has 1 amide bonds. The lowest BCUT2D eigenvalue weighted by molar-refractivity contribution is -0.144. The summed E-state index contributed by atoms with van der Waals surface area (Å²) < 4.78 is 0. The molecule has 2 N–H and O–H groups in total. The van der Waals surface area contributed by atoms with Crippen LogP contribution in [0.5, 0.6) is 0 Å². The number of aliphatic carboxylic acids is 1. The van der Waals surface area contributed by atoms with Crippen LogP contribution < -0.4 is 5.32 Å². The first-order chi connectivity index (χ1) is 10.9. The number of carboxylic acid groups (broad SMARTS) is 1. The number of hydrogen-bond acceptors (Lipinski definition) is 4. The highest BCUT2D eigenvalue weighted by Gasteiger charge is 2.34. The molecule has 23 heavy (non-hydrogen) atoms. The van der Waals surface area contributed by atoms with Crippen molar-refractivity contribution in [3.05, 3.63) is 52.0 Å². The zero-order valence-corrected chi connectivity index (χ0v) is 14.0. The fourth-order valence-corrected chi connectivity index (χ4v) is 3.11. The van der Waals surface area contributed by atoms with Gasteiger partial charge in [0.15, 0.2) is 0 Å². The van der Waals surface area contributed by atoms with E-state index in [1.807, 2.05) is 37.3 Å². The molecule has 0 radical (unpaired) electrons. The van der Waals surface area contributed by atoms with Crippen molar-refractivity contribution in [2.24, 2.45) is 0 Å². The molecule has 2 rings (SSSR count). The molecular formula is C17H20N2O3S. The number of carbonyl (C=O) groups is 2. The van der Waals surface area contributed by atoms with Gasteiger partial charge < -0.3 is 10.4 Å². The summed E-state index contributed by atoms with van der Waals surface area (Å²) in [6.45, 7) is 3.40. The zero-order chi connectivity index (χ0) is 16.9. The molecule has 1 unspecified atom stereocenters. The van der Waals surface area contributed by atoms with Crippen molar-refractivity contribution in [2.45, 2.75) is 38.6 Å². The molecule has 1 atom stereocenters. The van der Waals surface area contributed by atoms with E-state index in [0.29, 0.717) is 19.3 Å². The molecule has 0 aliphatic rings. The van der Waals surface area contributed by atoms with Gasteiger partial charge in [0.2, 0.25) is 0 Å². The molecule has 1 aromatic heterocycles. The van der Waals surface area contributed by atoms with Crippen LogP contribution in [-0.2, 0) is 11.2 Å². The maximum Gasteiger partial charge on any atom is 0.329 e. The Hall–Kier alpha value is -2.21. The van der Waals surface area contributed by atoms with Crippen LogP contribution in [-0.4, -0.2) is 27.5 Å². The minimum absolute atomic E-state index is 0.268. The molecular weight excluding hydrogens is 312 g/mol. The Balaban J connectivity index is 2.07. The lowest BCUT2D eigenvalue weighted by atomic mass is 9.96. The van der Waals surface area contributed by atoms with Gasteiger partial charge in [-0.25, -0.2) is 9.78 Å². The fraction of sp³-hybridized carbons (Fsp3) is 0.353. The summed E-state index contributed by atoms with van der Waals surface area (Å²) >= 11 is 1.40. The van der Waals surface area contributed by atoms with Crippen LogP contribution in [0, 0.1) is 0 Å². The Bertz CT molecular complexity index is 684. The molecule has 2 aromatic rings. The summed E-state index contributed by atoms with van der Waals surface area (Å²) in [7, 11) is 0. The second-order valence-corrected chi connectivity index (χ2v) is 6.57. The number of rotatable bonds is 7. The highest BCUT2D eigenvalue weighted by atomic mass is 32.1. The quantitative estimate of drug-likeness (QED) is 0.816. The Morgan fingerprint density at radius 3 is 2.61 bits per heavy atom. The largest absolute Gasteiger partial charge is 0.480 e. The first-order valence-electron chi connectivity index (χ1n) is 7.49. The smallest absolute Gasteiger partial charge is 0.329 e. The third-order valence-corrected chi connectivity index (χ3v) is 4.44. The predicted octanol–water partition coefficient (Wildman–Crippen LogP) is 3.11. The van der Waals surface area contributed by atoms with Crippen LogP contribution >= 0.6 is 11.3 Å². The Kier molecular flexibility index (Phi) is 5.50. The third-order valence-electron chi connectivity index (χ3n) is 3.59. The van der Waals surface area contributed by atoms with Gasteiger partial charge in [0.25, 0.3) is 5.91 Å². The summed E-state index contributed by atoms with van der Waals surface area (Å²) in [4.78, 5) is 28.0. The van der Waals surface area contributed by atoms with Gasteiger partial charge in [-0.05, 0) is 18.9 Å². The first-order valence-corrected chi connectivity index (χ1v) is 8.37. The molecule has 0 aliphatic carbocycles. The lowest BCUT2D eigenvalue weighted by Crippen LogP contribution is -2.52. The van der Waals surface area contributed by atoms with Gasteiger partial charge in [0.1, 0.15) is 11.2 Å². The van der Waals surface area contributed by atoms with E-state index in [1.165, 1.54) is 18.3 Å². The summed E-state index contributed by atoms with van der Waals surface area (Å²) in [6.07, 6.45) is 1.69. The number of nitrogens with zero attached hydrogens (tertiary/aromatic N) is 1. The number of thiazole rings is 1. The number of benzene rings is 1. The number of hydrogen-bond donors (Lipinski definition) is 2. The number of carboxylic acids is 1. The molecule has 0 saturated carbocycles. The minimum atomic E-state index is -1.27. The van der Waals surface area contributed by atoms with Crippen LogP contribution in [0.2, 0.25) is 0 Å². The highest BCUT2D eigenvalue weighted by molar-refractivity contribution is 7.09. The average Bonchev–Trinajstić information content (AvgIpc) is 2.97. The Morgan fingerprint density at radius 2 is 2.00 bits per heavy atom. The van der Waals surface area contributed by atoms with E-state index in [4.69, 9.17) is 0 Å². The van der Waals surface area contributed by atoms with E-state index in [0.717, 1.165) is 10.6 Å². The molecule has 0 spiro atoms. The van der Waals surface area contributed by atoms with Crippen LogP contribution in [0.4, 0.5) is 0 Å². The van der Waals surface area contributed by atoms with Crippen molar-refractivity contribution >= 4 is 23.2 Å². The van der Waals surface area contributed by atoms with Gasteiger partial charge in [0.05, 0.1) is 5.01 Å². The van der Waals surface area contributed by atoms with Gasteiger partial charge >= 0.3 is 5.97 Å². The lowest BCUT2D eigenvalue weighted by Gasteiger charge is -2.25. The SMILES string of the molecule is CCCC(C)(NC(=O)c1csc(Cc2ccccc2)n1)C(=O)O. The van der Waals surface area contributed by atoms with Gasteiger partial charge in [-0.3, -0.25) is 4.79 Å². The van der Waals surface area contributed by atoms with E-state index >= 15 is 0 Å². The van der Waals surface area contributed by atoms with Crippen LogP contribution in [0.25, 0.3) is 0 Å². The van der Waals surface area contributed by atoms with Gasteiger partial charge in [-0.2, -0.15) is 0 Å². The van der Waals surface area contributed by atoms with Crippen molar-refractivity contribution in [1.29, 1.82) is 0 Å². The summed E-state index contributed by atoms with van der Waals surface area (Å²) in [5.41, 5.74) is 0.120. The fourth-order valence-electron chi connectivity index (χ4n) is 2.30. The maximum atomic E-state index is 12.3. The van der Waals surface area contributed by atoms with Gasteiger partial charge in [-0.1, -0.05) is 43.7 Å². The van der Waals surface area contributed by atoms with Crippen molar-refractivity contribution in [1.82, 2.24) is 10.3 Å². The number of carbonyl (C=O) groups excluding carboxylic acids is 1. The van der Waals surface area contributed by atoms with Crippen molar-refractivity contribution < 1.29 is 14.7 Å². The van der Waals surface area contributed by atoms with Crippen LogP contribution in [0.3, 0.4) is 0 Å². The van der Waals surface area contributed by atoms with E-state index in [1.54, 1.807) is 5.38 Å². The molecule has 0 bridgehead atoms. The number of amides is 1. The van der Waals surface area contributed by atoms with Crippen molar-refractivity contribution in [2.75, 3.05) is 0 Å². The zero-order valence-electron chi connectivity index (χ0n) is 13.2. The maximum absolute atomic E-state index is 12.3. The molecule has 5 nitrogen and oxygen atoms in total. The monoisotopic (exact) mass is 332 g/mol. The Labute approximate surface area is 139 Å². The molecule has 0 aliphatic heterocycles. The predicted molar refractivity (Wildman–Crippen MR) is 89.8 cm³/mol. The van der Waals surface area contributed by atoms with Crippen LogP contribution in [0.15, 0.2) is 35.7 Å². The molecule has 0 fully saturated rings. The van der Waals surface area contributed by atoms with E-state index in [9.17, 15) is 14.7 Å². The highest BCUT2D eigenvalue weighted by Crippen LogP contribution is 2.17. The normalized spacial score (nSPS) is 13.3. The molecule has 1 aromatic carbocycles. The minimum Gasteiger partial charge on any atom is -0.480 e. The summed E-state index contributed by atoms with van der Waals surface area (Å²) in [5, 5.41) is 14.4. The second-order valence-electron chi connectivity index (χ2n) is 5.63. The van der Waals surface area contributed by atoms with E-state index < -0.39 is 17.4 Å².